The highest BCUT2D eigenvalue weighted by molar-refractivity contribution is 5.98. The lowest BCUT2D eigenvalue weighted by atomic mass is 10.0. The lowest BCUT2D eigenvalue weighted by Gasteiger charge is -2.22. The van der Waals surface area contributed by atoms with Crippen LogP contribution in [0.3, 0.4) is 0 Å². The van der Waals surface area contributed by atoms with Crippen LogP contribution in [0.15, 0.2) is 60.7 Å². The molecular formula is C20H22O6. The Balaban J connectivity index is 0.000000191. The number of carbonyl (C=O) groups is 1. The van der Waals surface area contributed by atoms with Crippen molar-refractivity contribution in [2.75, 3.05) is 6.61 Å². The average molecular weight is 358 g/mol. The van der Waals surface area contributed by atoms with Gasteiger partial charge in [0.15, 0.2) is 6.29 Å². The summed E-state index contributed by atoms with van der Waals surface area (Å²) >= 11 is 0. The Bertz CT molecular complexity index is 745. The maximum Gasteiger partial charge on any atom is 0.151 e. The summed E-state index contributed by atoms with van der Waals surface area (Å²) < 4.78 is 0. The Labute approximate surface area is 150 Å². The first kappa shape index (κ1) is 20.0. The van der Waals surface area contributed by atoms with Gasteiger partial charge in [0.1, 0.15) is 24.4 Å². The van der Waals surface area contributed by atoms with E-state index in [1.807, 2.05) is 0 Å². The van der Waals surface area contributed by atoms with E-state index in [0.717, 1.165) is 0 Å². The molecule has 3 aromatic carbocycles. The Morgan fingerprint density at radius 1 is 0.731 bits per heavy atom. The maximum absolute atomic E-state index is 9.90. The summed E-state index contributed by atoms with van der Waals surface area (Å²) in [6, 6.07) is 21.4. The highest BCUT2D eigenvalue weighted by atomic mass is 16.4. The summed E-state index contributed by atoms with van der Waals surface area (Å²) in [5.74, 6) is 0. The molecule has 6 heteroatoms. The number of benzene rings is 3. The largest absolute Gasteiger partial charge is 0.394 e. The number of hydrogen-bond donors (Lipinski definition) is 5. The van der Waals surface area contributed by atoms with Crippen LogP contribution >= 0.6 is 0 Å². The van der Waals surface area contributed by atoms with Crippen molar-refractivity contribution in [3.8, 4) is 0 Å². The summed E-state index contributed by atoms with van der Waals surface area (Å²) in [7, 11) is 0. The zero-order valence-corrected chi connectivity index (χ0v) is 14.0. The van der Waals surface area contributed by atoms with Crippen molar-refractivity contribution in [1.82, 2.24) is 0 Å². The first-order valence-electron chi connectivity index (χ1n) is 8.14. The van der Waals surface area contributed by atoms with Gasteiger partial charge in [0.2, 0.25) is 0 Å². The SMILES string of the molecule is O=CC(O)C(O)C(O)C(O)CO.c1ccc2cc3ccccc3cc2c1. The molecular weight excluding hydrogens is 336 g/mol. The number of rotatable bonds is 5. The summed E-state index contributed by atoms with van der Waals surface area (Å²) in [6.45, 7) is -0.760. The fraction of sp³-hybridized carbons (Fsp3) is 0.250. The van der Waals surface area contributed by atoms with E-state index in [4.69, 9.17) is 25.5 Å². The smallest absolute Gasteiger partial charge is 0.151 e. The molecule has 0 fully saturated rings. The topological polar surface area (TPSA) is 118 Å². The minimum absolute atomic E-state index is 0.0258. The molecule has 138 valence electrons. The second-order valence-corrected chi connectivity index (χ2v) is 5.90. The van der Waals surface area contributed by atoms with Crippen LogP contribution in [0.4, 0.5) is 0 Å². The predicted octanol–water partition coefficient (Wildman–Crippen LogP) is 0.614. The number of aliphatic hydroxyl groups excluding tert-OH is 5. The van der Waals surface area contributed by atoms with Crippen LogP contribution in [0.5, 0.6) is 0 Å². The Kier molecular flexibility index (Phi) is 7.20. The second kappa shape index (κ2) is 9.38. The molecule has 0 bridgehead atoms. The van der Waals surface area contributed by atoms with E-state index in [1.165, 1.54) is 21.5 Å². The van der Waals surface area contributed by atoms with Crippen LogP contribution in [-0.2, 0) is 4.79 Å². The van der Waals surface area contributed by atoms with Crippen molar-refractivity contribution in [3.05, 3.63) is 60.7 Å². The van der Waals surface area contributed by atoms with Crippen molar-refractivity contribution in [3.63, 3.8) is 0 Å². The molecule has 0 saturated heterocycles. The molecule has 0 saturated carbocycles. The van der Waals surface area contributed by atoms with Gasteiger partial charge in [-0.15, -0.1) is 0 Å². The monoisotopic (exact) mass is 358 g/mol. The van der Waals surface area contributed by atoms with Crippen molar-refractivity contribution in [2.24, 2.45) is 0 Å². The molecule has 0 spiro atoms. The van der Waals surface area contributed by atoms with Gasteiger partial charge in [-0.05, 0) is 33.7 Å². The number of aliphatic hydroxyl groups is 5. The first-order chi connectivity index (χ1) is 12.5. The molecule has 6 nitrogen and oxygen atoms in total. The first-order valence-corrected chi connectivity index (χ1v) is 8.14. The molecule has 3 aromatic rings. The van der Waals surface area contributed by atoms with Crippen LogP contribution < -0.4 is 0 Å². The molecule has 0 aromatic heterocycles. The molecule has 5 N–H and O–H groups in total. The summed E-state index contributed by atoms with van der Waals surface area (Å²) in [4.78, 5) is 9.90. The standard InChI is InChI=1S/C14H10.C6H12O6/c1-2-6-12-10-14-8-4-3-7-13(14)9-11(12)5-1;7-1-3(9)5(11)6(12)4(10)2-8/h1-10H;1,3-6,8-12H,2H2. The van der Waals surface area contributed by atoms with Crippen LogP contribution in [0.1, 0.15) is 0 Å². The van der Waals surface area contributed by atoms with Crippen molar-refractivity contribution < 1.29 is 30.3 Å². The van der Waals surface area contributed by atoms with Crippen molar-refractivity contribution >= 4 is 27.8 Å². The van der Waals surface area contributed by atoms with E-state index in [9.17, 15) is 4.79 Å². The molecule has 0 radical (unpaired) electrons. The van der Waals surface area contributed by atoms with E-state index in [0.29, 0.717) is 0 Å². The van der Waals surface area contributed by atoms with E-state index in [1.54, 1.807) is 0 Å². The minimum atomic E-state index is -1.79. The molecule has 0 heterocycles. The normalized spacial score (nSPS) is 15.6. The molecule has 4 atom stereocenters. The van der Waals surface area contributed by atoms with E-state index in [2.05, 4.69) is 60.7 Å². The number of carbonyl (C=O) groups excluding carboxylic acids is 1. The van der Waals surface area contributed by atoms with Gasteiger partial charge in [-0.3, -0.25) is 0 Å². The maximum atomic E-state index is 9.90. The van der Waals surface area contributed by atoms with E-state index >= 15 is 0 Å². The molecule has 0 aliphatic carbocycles. The van der Waals surface area contributed by atoms with Gasteiger partial charge in [0, 0.05) is 0 Å². The summed E-state index contributed by atoms with van der Waals surface area (Å²) in [6.07, 6.45) is -6.84. The fourth-order valence-electron chi connectivity index (χ4n) is 2.50. The Morgan fingerprint density at radius 2 is 1.12 bits per heavy atom. The number of fused-ring (bicyclic) bond motifs is 2. The molecule has 4 unspecified atom stereocenters. The van der Waals surface area contributed by atoms with Gasteiger partial charge >= 0.3 is 0 Å². The molecule has 0 amide bonds. The van der Waals surface area contributed by atoms with Gasteiger partial charge in [-0.2, -0.15) is 0 Å². The lowest BCUT2D eigenvalue weighted by Crippen LogP contribution is -2.46. The lowest BCUT2D eigenvalue weighted by molar-refractivity contribution is -0.136. The van der Waals surface area contributed by atoms with Gasteiger partial charge in [0.05, 0.1) is 6.61 Å². The average Bonchev–Trinajstić information content (AvgIpc) is 2.70. The molecule has 0 aliphatic heterocycles. The van der Waals surface area contributed by atoms with E-state index < -0.39 is 31.0 Å². The van der Waals surface area contributed by atoms with Gasteiger partial charge in [-0.25, -0.2) is 0 Å². The van der Waals surface area contributed by atoms with Gasteiger partial charge in [-0.1, -0.05) is 48.5 Å². The highest BCUT2D eigenvalue weighted by Gasteiger charge is 2.29. The summed E-state index contributed by atoms with van der Waals surface area (Å²) in [5.41, 5.74) is 0. The molecule has 26 heavy (non-hydrogen) atoms. The zero-order valence-electron chi connectivity index (χ0n) is 14.0. The minimum Gasteiger partial charge on any atom is -0.394 e. The van der Waals surface area contributed by atoms with Crippen molar-refractivity contribution in [1.29, 1.82) is 0 Å². The fourth-order valence-corrected chi connectivity index (χ4v) is 2.50. The number of aldehydes is 1. The third-order valence-electron chi connectivity index (χ3n) is 4.03. The molecule has 3 rings (SSSR count). The van der Waals surface area contributed by atoms with Crippen LogP contribution in [0, 0.1) is 0 Å². The predicted molar refractivity (Wildman–Crippen MR) is 98.6 cm³/mol. The summed E-state index contributed by atoms with van der Waals surface area (Å²) in [5, 5.41) is 48.8. The zero-order chi connectivity index (χ0) is 19.1. The van der Waals surface area contributed by atoms with Crippen LogP contribution in [0.25, 0.3) is 21.5 Å². The number of hydrogen-bond acceptors (Lipinski definition) is 6. The quantitative estimate of drug-likeness (QED) is 0.337. The van der Waals surface area contributed by atoms with E-state index in [-0.39, 0.29) is 6.29 Å². The van der Waals surface area contributed by atoms with Crippen LogP contribution in [-0.4, -0.2) is 62.8 Å². The van der Waals surface area contributed by atoms with Crippen LogP contribution in [0.2, 0.25) is 0 Å². The van der Waals surface area contributed by atoms with Gasteiger partial charge in [0.25, 0.3) is 0 Å². The molecule has 0 aliphatic rings. The van der Waals surface area contributed by atoms with Gasteiger partial charge < -0.3 is 30.3 Å². The van der Waals surface area contributed by atoms with Crippen molar-refractivity contribution in [2.45, 2.75) is 24.4 Å². The third kappa shape index (κ3) is 4.85. The second-order valence-electron chi connectivity index (χ2n) is 5.90. The third-order valence-corrected chi connectivity index (χ3v) is 4.03. The highest BCUT2D eigenvalue weighted by Crippen LogP contribution is 2.22. The Hall–Kier alpha value is -2.35. The Morgan fingerprint density at radius 3 is 1.42 bits per heavy atom.